The lowest BCUT2D eigenvalue weighted by atomic mass is 9.96. The Hall–Kier alpha value is -2.30. The molecule has 0 bridgehead atoms. The summed E-state index contributed by atoms with van der Waals surface area (Å²) in [5, 5.41) is 10.3. The quantitative estimate of drug-likeness (QED) is 0.904. The second kappa shape index (κ2) is 7.31. The fourth-order valence-corrected chi connectivity index (χ4v) is 3.06. The molecule has 0 unspecified atom stereocenters. The standard InChI is InChI=1S/C18H24N4O/c1-14-7-5-6-8-15(14)13-22-12-11-17(21-22)20-18(23)19-16-9-3-2-4-10-16/h5-8,11-12,16H,2-4,9-10,13H2,1H3,(H2,19,20,21,23). The van der Waals surface area contributed by atoms with Crippen molar-refractivity contribution < 1.29 is 4.79 Å². The van der Waals surface area contributed by atoms with E-state index in [1.807, 2.05) is 29.1 Å². The van der Waals surface area contributed by atoms with Gasteiger partial charge in [-0.25, -0.2) is 4.79 Å². The lowest BCUT2D eigenvalue weighted by Gasteiger charge is -2.22. The minimum Gasteiger partial charge on any atom is -0.335 e. The smallest absolute Gasteiger partial charge is 0.320 e. The first-order valence-corrected chi connectivity index (χ1v) is 8.36. The van der Waals surface area contributed by atoms with Crippen LogP contribution in [0.2, 0.25) is 0 Å². The van der Waals surface area contributed by atoms with Crippen LogP contribution in [-0.4, -0.2) is 21.9 Å². The predicted octanol–water partition coefficient (Wildman–Crippen LogP) is 3.69. The number of nitrogens with one attached hydrogen (secondary N) is 2. The van der Waals surface area contributed by atoms with Crippen LogP contribution >= 0.6 is 0 Å². The SMILES string of the molecule is Cc1ccccc1Cn1ccc(NC(=O)NC2CCCCC2)n1. The molecule has 3 rings (SSSR count). The van der Waals surface area contributed by atoms with Crippen LogP contribution in [0.1, 0.15) is 43.2 Å². The number of aryl methyl sites for hydroxylation is 1. The Morgan fingerprint density at radius 1 is 1.22 bits per heavy atom. The zero-order valence-electron chi connectivity index (χ0n) is 13.6. The highest BCUT2D eigenvalue weighted by Crippen LogP contribution is 2.17. The first-order valence-electron chi connectivity index (χ1n) is 8.36. The Kier molecular flexibility index (Phi) is 4.95. The highest BCUT2D eigenvalue weighted by Gasteiger charge is 2.16. The molecule has 1 saturated carbocycles. The molecule has 1 aromatic carbocycles. The Bertz CT molecular complexity index is 659. The van der Waals surface area contributed by atoms with Gasteiger partial charge in [0.2, 0.25) is 0 Å². The van der Waals surface area contributed by atoms with Crippen molar-refractivity contribution in [3.05, 3.63) is 47.7 Å². The maximum absolute atomic E-state index is 12.0. The van der Waals surface area contributed by atoms with Crippen LogP contribution in [-0.2, 0) is 6.54 Å². The molecule has 1 aliphatic rings. The molecule has 2 N–H and O–H groups in total. The molecule has 0 radical (unpaired) electrons. The molecule has 1 heterocycles. The van der Waals surface area contributed by atoms with E-state index >= 15 is 0 Å². The van der Waals surface area contributed by atoms with Gasteiger partial charge in [0.1, 0.15) is 0 Å². The van der Waals surface area contributed by atoms with E-state index in [2.05, 4.69) is 34.8 Å². The molecule has 1 aromatic heterocycles. The average Bonchev–Trinajstić information content (AvgIpc) is 2.97. The Labute approximate surface area is 137 Å². The maximum Gasteiger partial charge on any atom is 0.320 e. The Morgan fingerprint density at radius 2 is 2.00 bits per heavy atom. The van der Waals surface area contributed by atoms with Gasteiger partial charge < -0.3 is 5.32 Å². The van der Waals surface area contributed by atoms with Gasteiger partial charge in [-0.15, -0.1) is 0 Å². The van der Waals surface area contributed by atoms with E-state index in [0.29, 0.717) is 18.4 Å². The number of amides is 2. The van der Waals surface area contributed by atoms with E-state index in [1.54, 1.807) is 0 Å². The van der Waals surface area contributed by atoms with Crippen molar-refractivity contribution in [1.82, 2.24) is 15.1 Å². The van der Waals surface area contributed by atoms with E-state index in [-0.39, 0.29) is 6.03 Å². The molecule has 1 fully saturated rings. The fraction of sp³-hybridized carbons (Fsp3) is 0.444. The summed E-state index contributed by atoms with van der Waals surface area (Å²) in [6.07, 6.45) is 7.74. The van der Waals surface area contributed by atoms with Crippen molar-refractivity contribution in [1.29, 1.82) is 0 Å². The van der Waals surface area contributed by atoms with Crippen molar-refractivity contribution in [2.45, 2.75) is 51.6 Å². The molecule has 5 nitrogen and oxygen atoms in total. The van der Waals surface area contributed by atoms with Gasteiger partial charge in [-0.2, -0.15) is 5.10 Å². The first-order chi connectivity index (χ1) is 11.2. The molecular formula is C18H24N4O. The summed E-state index contributed by atoms with van der Waals surface area (Å²) in [5.74, 6) is 0.590. The lowest BCUT2D eigenvalue weighted by Crippen LogP contribution is -2.39. The number of anilines is 1. The summed E-state index contributed by atoms with van der Waals surface area (Å²) in [6, 6.07) is 10.2. The molecule has 122 valence electrons. The van der Waals surface area contributed by atoms with Gasteiger partial charge in [-0.05, 0) is 30.9 Å². The number of nitrogens with zero attached hydrogens (tertiary/aromatic N) is 2. The third kappa shape index (κ3) is 4.34. The van der Waals surface area contributed by atoms with E-state index in [4.69, 9.17) is 0 Å². The van der Waals surface area contributed by atoms with E-state index in [9.17, 15) is 4.79 Å². The summed E-state index contributed by atoms with van der Waals surface area (Å²) in [7, 11) is 0. The van der Waals surface area contributed by atoms with Gasteiger partial charge in [0, 0.05) is 18.3 Å². The summed E-state index contributed by atoms with van der Waals surface area (Å²) in [6.45, 7) is 2.80. The molecule has 0 saturated heterocycles. The van der Waals surface area contributed by atoms with E-state index in [0.717, 1.165) is 12.8 Å². The number of aromatic nitrogens is 2. The van der Waals surface area contributed by atoms with Crippen LogP contribution in [0.3, 0.4) is 0 Å². The second-order valence-electron chi connectivity index (χ2n) is 6.26. The van der Waals surface area contributed by atoms with Gasteiger partial charge in [0.25, 0.3) is 0 Å². The molecule has 0 aliphatic heterocycles. The van der Waals surface area contributed by atoms with E-state index < -0.39 is 0 Å². The Morgan fingerprint density at radius 3 is 2.78 bits per heavy atom. The zero-order valence-corrected chi connectivity index (χ0v) is 13.6. The molecule has 2 aromatic rings. The summed E-state index contributed by atoms with van der Waals surface area (Å²) < 4.78 is 1.85. The van der Waals surface area contributed by atoms with Crippen LogP contribution in [0.15, 0.2) is 36.5 Å². The van der Waals surface area contributed by atoms with E-state index in [1.165, 1.54) is 30.4 Å². The highest BCUT2D eigenvalue weighted by atomic mass is 16.2. The molecule has 0 atom stereocenters. The number of urea groups is 1. The third-order valence-electron chi connectivity index (χ3n) is 4.42. The summed E-state index contributed by atoms with van der Waals surface area (Å²) in [5.41, 5.74) is 2.47. The summed E-state index contributed by atoms with van der Waals surface area (Å²) >= 11 is 0. The fourth-order valence-electron chi connectivity index (χ4n) is 3.06. The van der Waals surface area contributed by atoms with Crippen molar-refractivity contribution in [2.24, 2.45) is 0 Å². The van der Waals surface area contributed by atoms with Crippen LogP contribution in [0.4, 0.5) is 10.6 Å². The number of carbonyl (C=O) groups is 1. The normalized spacial score (nSPS) is 15.3. The molecular weight excluding hydrogens is 288 g/mol. The first kappa shape index (κ1) is 15.6. The third-order valence-corrected chi connectivity index (χ3v) is 4.42. The number of hydrogen-bond acceptors (Lipinski definition) is 2. The lowest BCUT2D eigenvalue weighted by molar-refractivity contribution is 0.244. The van der Waals surface area contributed by atoms with Crippen LogP contribution in [0.25, 0.3) is 0 Å². The van der Waals surface area contributed by atoms with Gasteiger partial charge in [0.05, 0.1) is 6.54 Å². The molecule has 5 heteroatoms. The number of carbonyl (C=O) groups excluding carboxylic acids is 1. The monoisotopic (exact) mass is 312 g/mol. The highest BCUT2D eigenvalue weighted by molar-refractivity contribution is 5.88. The summed E-state index contributed by atoms with van der Waals surface area (Å²) in [4.78, 5) is 12.0. The molecule has 23 heavy (non-hydrogen) atoms. The maximum atomic E-state index is 12.0. The van der Waals surface area contributed by atoms with Crippen molar-refractivity contribution in [2.75, 3.05) is 5.32 Å². The minimum absolute atomic E-state index is 0.155. The minimum atomic E-state index is -0.155. The number of benzene rings is 1. The van der Waals surface area contributed by atoms with Gasteiger partial charge in [0.15, 0.2) is 5.82 Å². The van der Waals surface area contributed by atoms with Crippen LogP contribution in [0, 0.1) is 6.92 Å². The van der Waals surface area contributed by atoms with Crippen molar-refractivity contribution in [3.8, 4) is 0 Å². The molecule has 0 spiro atoms. The number of rotatable bonds is 4. The average molecular weight is 312 g/mol. The van der Waals surface area contributed by atoms with Crippen molar-refractivity contribution >= 4 is 11.8 Å². The topological polar surface area (TPSA) is 59.0 Å². The van der Waals surface area contributed by atoms with Crippen LogP contribution < -0.4 is 10.6 Å². The van der Waals surface area contributed by atoms with Gasteiger partial charge >= 0.3 is 6.03 Å². The van der Waals surface area contributed by atoms with Crippen molar-refractivity contribution in [3.63, 3.8) is 0 Å². The second-order valence-corrected chi connectivity index (χ2v) is 6.26. The van der Waals surface area contributed by atoms with Gasteiger partial charge in [-0.1, -0.05) is 43.5 Å². The largest absolute Gasteiger partial charge is 0.335 e. The molecule has 2 amide bonds. The predicted molar refractivity (Wildman–Crippen MR) is 91.5 cm³/mol. The number of hydrogen-bond donors (Lipinski definition) is 2. The molecule has 1 aliphatic carbocycles. The Balaban J connectivity index is 1.54. The zero-order chi connectivity index (χ0) is 16.1. The van der Waals surface area contributed by atoms with Gasteiger partial charge in [-0.3, -0.25) is 10.00 Å². The van der Waals surface area contributed by atoms with Crippen LogP contribution in [0.5, 0.6) is 0 Å².